The van der Waals surface area contributed by atoms with Crippen molar-refractivity contribution in [3.05, 3.63) is 21.8 Å². The highest BCUT2D eigenvalue weighted by molar-refractivity contribution is 9.10. The van der Waals surface area contributed by atoms with Crippen LogP contribution >= 0.6 is 39.9 Å². The van der Waals surface area contributed by atoms with Crippen molar-refractivity contribution in [2.75, 3.05) is 19.7 Å². The normalized spacial score (nSPS) is 15.3. The van der Waals surface area contributed by atoms with E-state index in [1.54, 1.807) is 0 Å². The van der Waals surface area contributed by atoms with Crippen molar-refractivity contribution in [2.45, 2.75) is 0 Å². The molecule has 1 aliphatic rings. The lowest BCUT2D eigenvalue weighted by molar-refractivity contribution is 0.193. The number of halogens is 3. The molecule has 0 bridgehead atoms. The predicted octanol–water partition coefficient (Wildman–Crippen LogP) is 2.52. The highest BCUT2D eigenvalue weighted by Crippen LogP contribution is 2.23. The van der Waals surface area contributed by atoms with Gasteiger partial charge in [-0.15, -0.1) is 12.4 Å². The molecule has 1 aliphatic heterocycles. The first-order valence-electron chi connectivity index (χ1n) is 4.41. The number of ether oxygens (including phenoxy) is 1. The summed E-state index contributed by atoms with van der Waals surface area (Å²) in [6, 6.07) is 3.64. The summed E-state index contributed by atoms with van der Waals surface area (Å²) in [7, 11) is 0. The van der Waals surface area contributed by atoms with Crippen LogP contribution in [-0.4, -0.2) is 24.7 Å². The minimum Gasteiger partial charge on any atom is -0.477 e. The largest absolute Gasteiger partial charge is 0.477 e. The van der Waals surface area contributed by atoms with Gasteiger partial charge in [0.05, 0.1) is 11.1 Å². The molecule has 84 valence electrons. The molecule has 0 atom stereocenters. The molecule has 2 rings (SSSR count). The molecule has 15 heavy (non-hydrogen) atoms. The highest BCUT2D eigenvalue weighted by atomic mass is 79.9. The number of hydrogen-bond donors (Lipinski definition) is 1. The van der Waals surface area contributed by atoms with E-state index in [1.807, 2.05) is 12.1 Å². The SMILES string of the molecule is Cl.Clc1nc(OCC2CNC2)ccc1Br. The number of hydrogen-bond acceptors (Lipinski definition) is 3. The van der Waals surface area contributed by atoms with Crippen LogP contribution in [0.1, 0.15) is 0 Å². The lowest BCUT2D eigenvalue weighted by Gasteiger charge is -2.26. The van der Waals surface area contributed by atoms with Gasteiger partial charge in [0, 0.05) is 25.1 Å². The average Bonchev–Trinajstić information content (AvgIpc) is 2.08. The van der Waals surface area contributed by atoms with Gasteiger partial charge < -0.3 is 10.1 Å². The molecule has 0 radical (unpaired) electrons. The van der Waals surface area contributed by atoms with E-state index in [-0.39, 0.29) is 12.4 Å². The Hall–Kier alpha value is -0.0300. The first kappa shape index (κ1) is 13.0. The summed E-state index contributed by atoms with van der Waals surface area (Å²) in [5.74, 6) is 1.20. The Morgan fingerprint density at radius 2 is 2.27 bits per heavy atom. The first-order chi connectivity index (χ1) is 6.75. The molecule has 0 saturated carbocycles. The van der Waals surface area contributed by atoms with Crippen molar-refractivity contribution in [1.29, 1.82) is 0 Å². The molecule has 1 aromatic heterocycles. The van der Waals surface area contributed by atoms with Crippen LogP contribution in [0.4, 0.5) is 0 Å². The molecule has 1 saturated heterocycles. The van der Waals surface area contributed by atoms with Crippen molar-refractivity contribution in [2.24, 2.45) is 5.92 Å². The third-order valence-corrected chi connectivity index (χ3v) is 3.27. The lowest BCUT2D eigenvalue weighted by atomic mass is 10.1. The second-order valence-electron chi connectivity index (χ2n) is 3.26. The number of aromatic nitrogens is 1. The number of rotatable bonds is 3. The third kappa shape index (κ3) is 3.48. The Balaban J connectivity index is 0.00000112. The maximum Gasteiger partial charge on any atom is 0.214 e. The van der Waals surface area contributed by atoms with E-state index >= 15 is 0 Å². The fourth-order valence-corrected chi connectivity index (χ4v) is 1.52. The van der Waals surface area contributed by atoms with E-state index in [9.17, 15) is 0 Å². The summed E-state index contributed by atoms with van der Waals surface area (Å²) in [5, 5.41) is 3.62. The summed E-state index contributed by atoms with van der Waals surface area (Å²) in [6.07, 6.45) is 0. The predicted molar refractivity (Wildman–Crippen MR) is 66.0 cm³/mol. The molecule has 1 N–H and O–H groups in total. The van der Waals surface area contributed by atoms with Crippen LogP contribution in [0.5, 0.6) is 5.88 Å². The fourth-order valence-electron chi connectivity index (χ4n) is 1.15. The van der Waals surface area contributed by atoms with E-state index in [0.29, 0.717) is 23.6 Å². The van der Waals surface area contributed by atoms with Crippen LogP contribution in [0.3, 0.4) is 0 Å². The van der Waals surface area contributed by atoms with E-state index in [2.05, 4.69) is 26.2 Å². The summed E-state index contributed by atoms with van der Waals surface area (Å²) in [5.41, 5.74) is 0. The molecule has 2 heterocycles. The van der Waals surface area contributed by atoms with Gasteiger partial charge in [-0.1, -0.05) is 11.6 Å². The maximum absolute atomic E-state index is 5.83. The summed E-state index contributed by atoms with van der Waals surface area (Å²) in [6.45, 7) is 2.77. The van der Waals surface area contributed by atoms with Crippen LogP contribution in [0.2, 0.25) is 5.15 Å². The van der Waals surface area contributed by atoms with Crippen LogP contribution in [0.25, 0.3) is 0 Å². The maximum atomic E-state index is 5.83. The standard InChI is InChI=1S/C9H10BrClN2O.ClH/c10-7-1-2-8(13-9(7)11)14-5-6-3-12-4-6;/h1-2,6,12H,3-5H2;1H. The van der Waals surface area contributed by atoms with E-state index < -0.39 is 0 Å². The summed E-state index contributed by atoms with van der Waals surface area (Å²) in [4.78, 5) is 4.08. The minimum absolute atomic E-state index is 0. The van der Waals surface area contributed by atoms with Gasteiger partial charge in [-0.3, -0.25) is 0 Å². The Morgan fingerprint density at radius 3 is 2.80 bits per heavy atom. The van der Waals surface area contributed by atoms with Gasteiger partial charge in [-0.05, 0) is 22.0 Å². The number of pyridine rings is 1. The molecule has 1 aromatic rings. The number of nitrogens with one attached hydrogen (secondary N) is 1. The molecular formula is C9H11BrCl2N2O. The van der Waals surface area contributed by atoms with Crippen molar-refractivity contribution in [3.63, 3.8) is 0 Å². The molecular weight excluding hydrogens is 303 g/mol. The van der Waals surface area contributed by atoms with Crippen LogP contribution in [0, 0.1) is 5.92 Å². The molecule has 1 fully saturated rings. The second-order valence-corrected chi connectivity index (χ2v) is 4.47. The first-order valence-corrected chi connectivity index (χ1v) is 5.58. The van der Waals surface area contributed by atoms with Gasteiger partial charge >= 0.3 is 0 Å². The third-order valence-electron chi connectivity index (χ3n) is 2.11. The lowest BCUT2D eigenvalue weighted by Crippen LogP contribution is -2.45. The minimum atomic E-state index is 0. The Morgan fingerprint density at radius 1 is 1.53 bits per heavy atom. The van der Waals surface area contributed by atoms with Crippen molar-refractivity contribution < 1.29 is 4.74 Å². The quantitative estimate of drug-likeness (QED) is 0.871. The smallest absolute Gasteiger partial charge is 0.214 e. The monoisotopic (exact) mass is 312 g/mol. The summed E-state index contributed by atoms with van der Waals surface area (Å²) >= 11 is 9.10. The van der Waals surface area contributed by atoms with E-state index in [4.69, 9.17) is 16.3 Å². The average molecular weight is 314 g/mol. The Labute approximate surface area is 108 Å². The van der Waals surface area contributed by atoms with E-state index in [1.165, 1.54) is 0 Å². The number of nitrogens with zero attached hydrogens (tertiary/aromatic N) is 1. The van der Waals surface area contributed by atoms with Gasteiger partial charge in [0.1, 0.15) is 5.15 Å². The zero-order valence-electron chi connectivity index (χ0n) is 7.87. The second kappa shape index (κ2) is 5.89. The van der Waals surface area contributed by atoms with Gasteiger partial charge in [0.15, 0.2) is 0 Å². The van der Waals surface area contributed by atoms with Gasteiger partial charge in [-0.25, -0.2) is 4.98 Å². The van der Waals surface area contributed by atoms with Gasteiger partial charge in [0.2, 0.25) is 5.88 Å². The highest BCUT2D eigenvalue weighted by Gasteiger charge is 2.17. The molecule has 0 aromatic carbocycles. The summed E-state index contributed by atoms with van der Waals surface area (Å²) < 4.78 is 6.28. The zero-order chi connectivity index (χ0) is 9.97. The van der Waals surface area contributed by atoms with Gasteiger partial charge in [0.25, 0.3) is 0 Å². The molecule has 6 heteroatoms. The van der Waals surface area contributed by atoms with Crippen LogP contribution < -0.4 is 10.1 Å². The Kier molecular flexibility index (Phi) is 5.12. The topological polar surface area (TPSA) is 34.1 Å². The molecule has 3 nitrogen and oxygen atoms in total. The van der Waals surface area contributed by atoms with Crippen molar-refractivity contribution >= 4 is 39.9 Å². The molecule has 0 unspecified atom stereocenters. The Bertz CT molecular complexity index is 334. The van der Waals surface area contributed by atoms with Crippen LogP contribution in [-0.2, 0) is 0 Å². The van der Waals surface area contributed by atoms with Crippen molar-refractivity contribution in [1.82, 2.24) is 10.3 Å². The van der Waals surface area contributed by atoms with E-state index in [0.717, 1.165) is 17.6 Å². The zero-order valence-corrected chi connectivity index (χ0v) is 11.0. The molecule has 0 amide bonds. The fraction of sp³-hybridized carbons (Fsp3) is 0.444. The van der Waals surface area contributed by atoms with Crippen molar-refractivity contribution in [3.8, 4) is 5.88 Å². The molecule has 0 aliphatic carbocycles. The molecule has 0 spiro atoms. The van der Waals surface area contributed by atoms with Gasteiger partial charge in [-0.2, -0.15) is 0 Å². The van der Waals surface area contributed by atoms with Crippen LogP contribution in [0.15, 0.2) is 16.6 Å².